The first-order valence-corrected chi connectivity index (χ1v) is 5.52. The maximum atomic E-state index is 5.87. The minimum absolute atomic E-state index is 0.170. The molecule has 0 unspecified atom stereocenters. The van der Waals surface area contributed by atoms with E-state index in [1.165, 1.54) is 16.6 Å². The van der Waals surface area contributed by atoms with Gasteiger partial charge in [0.05, 0.1) is 7.11 Å². The lowest BCUT2D eigenvalue weighted by Gasteiger charge is -2.06. The summed E-state index contributed by atoms with van der Waals surface area (Å²) >= 11 is 0. The highest BCUT2D eigenvalue weighted by Crippen LogP contribution is 2.26. The Hall–Kier alpha value is -1.48. The monoisotopic (exact) mass is 218 g/mol. The Labute approximate surface area is 95.6 Å². The van der Waals surface area contributed by atoms with Crippen LogP contribution in [0, 0.1) is 6.92 Å². The lowest BCUT2D eigenvalue weighted by Crippen LogP contribution is -2.18. The molecule has 0 aliphatic heterocycles. The first-order chi connectivity index (χ1) is 7.61. The van der Waals surface area contributed by atoms with Gasteiger partial charge in [-0.15, -0.1) is 0 Å². The molecule has 0 spiro atoms. The van der Waals surface area contributed by atoms with Gasteiger partial charge in [-0.25, -0.2) is 0 Å². The van der Waals surface area contributed by atoms with E-state index in [0.29, 0.717) is 0 Å². The maximum absolute atomic E-state index is 5.87. The number of nitrogens with one attached hydrogen (secondary N) is 1. The van der Waals surface area contributed by atoms with Crippen LogP contribution in [-0.2, 0) is 6.42 Å². The molecule has 86 valence electrons. The van der Waals surface area contributed by atoms with Gasteiger partial charge in [-0.2, -0.15) is 0 Å². The van der Waals surface area contributed by atoms with E-state index >= 15 is 0 Å². The van der Waals surface area contributed by atoms with Gasteiger partial charge in [-0.1, -0.05) is 0 Å². The van der Waals surface area contributed by atoms with Crippen molar-refractivity contribution in [2.24, 2.45) is 5.73 Å². The van der Waals surface area contributed by atoms with Crippen molar-refractivity contribution < 1.29 is 4.74 Å². The van der Waals surface area contributed by atoms with E-state index < -0.39 is 0 Å². The highest BCUT2D eigenvalue weighted by atomic mass is 16.5. The van der Waals surface area contributed by atoms with Gasteiger partial charge in [-0.05, 0) is 44.0 Å². The number of ether oxygens (including phenoxy) is 1. The predicted molar refractivity (Wildman–Crippen MR) is 66.9 cm³/mol. The molecule has 16 heavy (non-hydrogen) atoms. The molecule has 0 bridgehead atoms. The second-order valence-corrected chi connectivity index (χ2v) is 4.32. The molecule has 3 heteroatoms. The molecule has 3 nitrogen and oxygen atoms in total. The first-order valence-electron chi connectivity index (χ1n) is 5.52. The second kappa shape index (κ2) is 4.18. The Morgan fingerprint density at radius 3 is 2.81 bits per heavy atom. The van der Waals surface area contributed by atoms with E-state index in [0.717, 1.165) is 17.7 Å². The highest BCUT2D eigenvalue weighted by molar-refractivity contribution is 5.86. The predicted octanol–water partition coefficient (Wildman–Crippen LogP) is 2.37. The van der Waals surface area contributed by atoms with Gasteiger partial charge in [0, 0.05) is 22.6 Å². The molecule has 0 amide bonds. The lowest BCUT2D eigenvalue weighted by atomic mass is 10.0. The van der Waals surface area contributed by atoms with Crippen molar-refractivity contribution in [3.05, 3.63) is 29.5 Å². The molecule has 0 aliphatic rings. The smallest absolute Gasteiger partial charge is 0.119 e. The molecule has 0 fully saturated rings. The minimum Gasteiger partial charge on any atom is -0.497 e. The lowest BCUT2D eigenvalue weighted by molar-refractivity contribution is 0.415. The van der Waals surface area contributed by atoms with Crippen molar-refractivity contribution in [2.45, 2.75) is 26.3 Å². The number of nitrogens with two attached hydrogens (primary N) is 1. The molecule has 0 aliphatic carbocycles. The number of fused-ring (bicyclic) bond motifs is 1. The average Bonchev–Trinajstić information content (AvgIpc) is 2.54. The third kappa shape index (κ3) is 1.91. The Morgan fingerprint density at radius 1 is 1.44 bits per heavy atom. The van der Waals surface area contributed by atoms with Gasteiger partial charge in [0.15, 0.2) is 0 Å². The summed E-state index contributed by atoms with van der Waals surface area (Å²) in [6.45, 7) is 4.11. The van der Waals surface area contributed by atoms with Crippen LogP contribution >= 0.6 is 0 Å². The van der Waals surface area contributed by atoms with Crippen molar-refractivity contribution in [1.29, 1.82) is 0 Å². The van der Waals surface area contributed by atoms with Gasteiger partial charge >= 0.3 is 0 Å². The molecule has 1 aromatic heterocycles. The van der Waals surface area contributed by atoms with Gasteiger partial charge < -0.3 is 15.5 Å². The Kier molecular flexibility index (Phi) is 2.88. The van der Waals surface area contributed by atoms with E-state index in [1.807, 2.05) is 19.1 Å². The Bertz CT molecular complexity index is 500. The fourth-order valence-corrected chi connectivity index (χ4v) is 2.07. The molecule has 3 N–H and O–H groups in total. The summed E-state index contributed by atoms with van der Waals surface area (Å²) < 4.78 is 5.25. The van der Waals surface area contributed by atoms with Crippen LogP contribution in [0.3, 0.4) is 0 Å². The fraction of sp³-hybridized carbons (Fsp3) is 0.385. The number of hydrogen-bond acceptors (Lipinski definition) is 2. The van der Waals surface area contributed by atoms with Crippen LogP contribution in [0.5, 0.6) is 5.75 Å². The summed E-state index contributed by atoms with van der Waals surface area (Å²) in [4.78, 5) is 3.37. The molecule has 0 saturated heterocycles. The van der Waals surface area contributed by atoms with E-state index in [4.69, 9.17) is 10.5 Å². The van der Waals surface area contributed by atoms with Crippen LogP contribution in [-0.4, -0.2) is 18.1 Å². The minimum atomic E-state index is 0.170. The molecule has 0 radical (unpaired) electrons. The quantitative estimate of drug-likeness (QED) is 0.831. The number of aryl methyl sites for hydroxylation is 1. The number of aromatic amines is 1. The van der Waals surface area contributed by atoms with Crippen LogP contribution in [0.1, 0.15) is 18.2 Å². The first kappa shape index (κ1) is 11.0. The van der Waals surface area contributed by atoms with Crippen molar-refractivity contribution >= 4 is 10.9 Å². The summed E-state index contributed by atoms with van der Waals surface area (Å²) in [7, 11) is 1.69. The number of aromatic nitrogens is 1. The zero-order valence-corrected chi connectivity index (χ0v) is 10.0. The highest BCUT2D eigenvalue weighted by Gasteiger charge is 2.10. The Morgan fingerprint density at radius 2 is 2.19 bits per heavy atom. The van der Waals surface area contributed by atoms with E-state index in [2.05, 4.69) is 18.0 Å². The number of rotatable bonds is 3. The van der Waals surface area contributed by atoms with Gasteiger partial charge in [0.25, 0.3) is 0 Å². The summed E-state index contributed by atoms with van der Waals surface area (Å²) in [5.41, 5.74) is 9.51. The average molecular weight is 218 g/mol. The Balaban J connectivity index is 2.56. The number of hydrogen-bond donors (Lipinski definition) is 2. The SMILES string of the molecule is COc1ccc2[nH]c(C)c(C[C@@H](C)N)c2c1. The standard InChI is InChI=1S/C13H18N2O/c1-8(14)6-11-9(2)15-13-5-4-10(16-3)7-12(11)13/h4-5,7-8,15H,6,14H2,1-3H3/t8-/m1/s1. The molecular formula is C13H18N2O. The zero-order valence-electron chi connectivity index (χ0n) is 10.0. The molecule has 0 saturated carbocycles. The zero-order chi connectivity index (χ0) is 11.7. The third-order valence-corrected chi connectivity index (χ3v) is 2.85. The largest absolute Gasteiger partial charge is 0.497 e. The van der Waals surface area contributed by atoms with Crippen LogP contribution in [0.15, 0.2) is 18.2 Å². The maximum Gasteiger partial charge on any atom is 0.119 e. The van der Waals surface area contributed by atoms with Crippen molar-refractivity contribution in [3.8, 4) is 5.75 Å². The molecule has 1 atom stereocenters. The van der Waals surface area contributed by atoms with E-state index in [9.17, 15) is 0 Å². The second-order valence-electron chi connectivity index (χ2n) is 4.32. The van der Waals surface area contributed by atoms with Crippen LogP contribution < -0.4 is 10.5 Å². The number of H-pyrrole nitrogens is 1. The normalized spacial score (nSPS) is 13.0. The third-order valence-electron chi connectivity index (χ3n) is 2.85. The summed E-state index contributed by atoms with van der Waals surface area (Å²) in [5, 5.41) is 1.22. The molecular weight excluding hydrogens is 200 g/mol. The van der Waals surface area contributed by atoms with Crippen LogP contribution in [0.25, 0.3) is 10.9 Å². The molecule has 2 rings (SSSR count). The van der Waals surface area contributed by atoms with Crippen molar-refractivity contribution in [1.82, 2.24) is 4.98 Å². The topological polar surface area (TPSA) is 51.0 Å². The fourth-order valence-electron chi connectivity index (χ4n) is 2.07. The van der Waals surface area contributed by atoms with E-state index in [-0.39, 0.29) is 6.04 Å². The molecule has 1 aromatic carbocycles. The molecule has 2 aromatic rings. The molecule has 1 heterocycles. The van der Waals surface area contributed by atoms with Crippen molar-refractivity contribution in [3.63, 3.8) is 0 Å². The van der Waals surface area contributed by atoms with Crippen LogP contribution in [0.4, 0.5) is 0 Å². The number of methoxy groups -OCH3 is 1. The summed E-state index contributed by atoms with van der Waals surface area (Å²) in [5.74, 6) is 0.887. The summed E-state index contributed by atoms with van der Waals surface area (Å²) in [6, 6.07) is 6.25. The van der Waals surface area contributed by atoms with E-state index in [1.54, 1.807) is 7.11 Å². The van der Waals surface area contributed by atoms with Gasteiger partial charge in [0.1, 0.15) is 5.75 Å². The summed E-state index contributed by atoms with van der Waals surface area (Å²) in [6.07, 6.45) is 0.888. The number of benzene rings is 1. The van der Waals surface area contributed by atoms with Gasteiger partial charge in [-0.3, -0.25) is 0 Å². The van der Waals surface area contributed by atoms with Gasteiger partial charge in [0.2, 0.25) is 0 Å². The van der Waals surface area contributed by atoms with Crippen LogP contribution in [0.2, 0.25) is 0 Å². The van der Waals surface area contributed by atoms with Crippen molar-refractivity contribution in [2.75, 3.05) is 7.11 Å².